The Hall–Kier alpha value is -3.62. The highest BCUT2D eigenvalue weighted by molar-refractivity contribution is 6.35. The number of amides is 1. The molecule has 3 aromatic rings. The average Bonchev–Trinajstić information content (AvgIpc) is 2.74. The molecule has 0 aliphatic rings. The summed E-state index contributed by atoms with van der Waals surface area (Å²) in [4.78, 5) is 22.4. The maximum atomic E-state index is 12.2. The molecule has 10 heteroatoms. The molecule has 0 radical (unpaired) electrons. The minimum absolute atomic E-state index is 0.189. The number of nitrogens with one attached hydrogen (secondary N) is 1. The quantitative estimate of drug-likeness (QED) is 0.294. The van der Waals surface area contributed by atoms with Gasteiger partial charge in [0.25, 0.3) is 11.6 Å². The van der Waals surface area contributed by atoms with Crippen molar-refractivity contribution < 1.29 is 19.6 Å². The van der Waals surface area contributed by atoms with Crippen molar-refractivity contribution >= 4 is 41.0 Å². The number of hydrogen-bond acceptors (Lipinski definition) is 6. The van der Waals surface area contributed by atoms with Crippen molar-refractivity contribution in [2.24, 2.45) is 5.10 Å². The fourth-order valence-electron chi connectivity index (χ4n) is 2.55. The third kappa shape index (κ3) is 5.71. The van der Waals surface area contributed by atoms with Gasteiger partial charge in [0, 0.05) is 33.3 Å². The van der Waals surface area contributed by atoms with E-state index in [1.165, 1.54) is 6.21 Å². The van der Waals surface area contributed by atoms with Crippen molar-refractivity contribution in [2.45, 2.75) is 6.61 Å². The maximum absolute atomic E-state index is 12.2. The largest absolute Gasteiger partial charge is 0.507 e. The number of benzene rings is 3. The number of nitrogens with zero attached hydrogens (tertiary/aromatic N) is 2. The molecule has 0 aliphatic carbocycles. The summed E-state index contributed by atoms with van der Waals surface area (Å²) >= 11 is 12.0. The van der Waals surface area contributed by atoms with E-state index in [-0.39, 0.29) is 17.9 Å². The molecule has 2 N–H and O–H groups in total. The molecule has 158 valence electrons. The topological polar surface area (TPSA) is 114 Å². The van der Waals surface area contributed by atoms with Crippen molar-refractivity contribution in [2.75, 3.05) is 0 Å². The molecule has 3 aromatic carbocycles. The van der Waals surface area contributed by atoms with Gasteiger partial charge in [-0.1, -0.05) is 41.4 Å². The predicted octanol–water partition coefficient (Wildman–Crippen LogP) is 4.95. The molecule has 0 heterocycles. The van der Waals surface area contributed by atoms with Gasteiger partial charge in [0.1, 0.15) is 18.1 Å². The molecular weight excluding hydrogens is 445 g/mol. The van der Waals surface area contributed by atoms with E-state index in [4.69, 9.17) is 27.9 Å². The lowest BCUT2D eigenvalue weighted by Gasteiger charge is -2.10. The standard InChI is InChI=1S/C21H15Cl2N3O5/c22-15-6-5-14(18(23)9-15)12-31-20-4-2-1-3-13(20)11-24-25-21(28)17-10-16(26(29)30)7-8-19(17)27/h1-11,27H,12H2,(H,25,28)/b24-11+. The molecule has 0 saturated heterocycles. The van der Waals surface area contributed by atoms with Crippen LogP contribution in [-0.4, -0.2) is 22.2 Å². The number of aromatic hydroxyl groups is 1. The number of phenols is 1. The number of phenolic OH excluding ortho intramolecular Hbond substituents is 1. The minimum atomic E-state index is -0.802. The van der Waals surface area contributed by atoms with Crippen LogP contribution in [-0.2, 0) is 6.61 Å². The van der Waals surface area contributed by atoms with Crippen LogP contribution in [0.25, 0.3) is 0 Å². The van der Waals surface area contributed by atoms with Crippen molar-refractivity contribution in [3.63, 3.8) is 0 Å². The van der Waals surface area contributed by atoms with Gasteiger partial charge in [0.2, 0.25) is 0 Å². The molecule has 1 amide bonds. The van der Waals surface area contributed by atoms with Gasteiger partial charge < -0.3 is 9.84 Å². The lowest BCUT2D eigenvalue weighted by atomic mass is 10.1. The lowest BCUT2D eigenvalue weighted by molar-refractivity contribution is -0.384. The zero-order valence-electron chi connectivity index (χ0n) is 15.8. The highest BCUT2D eigenvalue weighted by Crippen LogP contribution is 2.24. The second-order valence-corrected chi connectivity index (χ2v) is 7.06. The number of carbonyl (C=O) groups excluding carboxylic acids is 1. The van der Waals surface area contributed by atoms with Gasteiger partial charge in [-0.25, -0.2) is 5.43 Å². The number of halogens is 2. The molecule has 0 spiro atoms. The summed E-state index contributed by atoms with van der Waals surface area (Å²) in [5.74, 6) is -0.713. The van der Waals surface area contributed by atoms with Crippen LogP contribution in [0.3, 0.4) is 0 Å². The zero-order chi connectivity index (χ0) is 22.4. The number of non-ortho nitro benzene ring substituents is 1. The summed E-state index contributed by atoms with van der Waals surface area (Å²) in [5.41, 5.74) is 2.94. The first-order chi connectivity index (χ1) is 14.8. The molecular formula is C21H15Cl2N3O5. The first-order valence-corrected chi connectivity index (χ1v) is 9.57. The summed E-state index contributed by atoms with van der Waals surface area (Å²) in [6.45, 7) is 0.189. The number of nitro benzene ring substituents is 1. The summed E-state index contributed by atoms with van der Waals surface area (Å²) in [6.07, 6.45) is 1.35. The lowest BCUT2D eigenvalue weighted by Crippen LogP contribution is -2.18. The Labute approximate surface area is 186 Å². The van der Waals surface area contributed by atoms with Crippen LogP contribution in [0.2, 0.25) is 10.0 Å². The van der Waals surface area contributed by atoms with Gasteiger partial charge in [-0.05, 0) is 30.3 Å². The van der Waals surface area contributed by atoms with Gasteiger partial charge in [-0.3, -0.25) is 14.9 Å². The molecule has 0 unspecified atom stereocenters. The Morgan fingerprint density at radius 3 is 2.68 bits per heavy atom. The first-order valence-electron chi connectivity index (χ1n) is 8.81. The molecule has 0 atom stereocenters. The number of carbonyl (C=O) groups is 1. The number of hydrogen-bond donors (Lipinski definition) is 2. The number of hydrazone groups is 1. The zero-order valence-corrected chi connectivity index (χ0v) is 17.3. The van der Waals surface area contributed by atoms with Gasteiger partial charge in [0.05, 0.1) is 16.7 Å². The van der Waals surface area contributed by atoms with E-state index in [0.717, 1.165) is 23.8 Å². The van der Waals surface area contributed by atoms with Crippen molar-refractivity contribution in [1.82, 2.24) is 5.43 Å². The normalized spacial score (nSPS) is 10.8. The Morgan fingerprint density at radius 2 is 1.94 bits per heavy atom. The summed E-state index contributed by atoms with van der Waals surface area (Å²) in [7, 11) is 0. The molecule has 3 rings (SSSR count). The molecule has 0 fully saturated rings. The van der Waals surface area contributed by atoms with Crippen molar-refractivity contribution in [3.05, 3.63) is 97.5 Å². The number of para-hydroxylation sites is 1. The van der Waals surface area contributed by atoms with Crippen LogP contribution in [0.5, 0.6) is 11.5 Å². The Morgan fingerprint density at radius 1 is 1.16 bits per heavy atom. The van der Waals surface area contributed by atoms with E-state index in [1.807, 2.05) is 0 Å². The molecule has 8 nitrogen and oxygen atoms in total. The highest BCUT2D eigenvalue weighted by Gasteiger charge is 2.16. The van der Waals surface area contributed by atoms with Gasteiger partial charge in [-0.2, -0.15) is 5.10 Å². The third-order valence-electron chi connectivity index (χ3n) is 4.12. The SMILES string of the molecule is O=C(N/N=C/c1ccccc1OCc1ccc(Cl)cc1Cl)c1cc([N+](=O)[O-])ccc1O. The van der Waals surface area contributed by atoms with Crippen LogP contribution in [0.4, 0.5) is 5.69 Å². The number of nitro groups is 1. The van der Waals surface area contributed by atoms with Gasteiger partial charge >= 0.3 is 0 Å². The molecule has 0 saturated carbocycles. The summed E-state index contributed by atoms with van der Waals surface area (Å²) in [5, 5.41) is 25.5. The minimum Gasteiger partial charge on any atom is -0.507 e. The fraction of sp³-hybridized carbons (Fsp3) is 0.0476. The number of ether oxygens (including phenoxy) is 1. The smallest absolute Gasteiger partial charge is 0.275 e. The van der Waals surface area contributed by atoms with E-state index >= 15 is 0 Å². The van der Waals surface area contributed by atoms with Crippen LogP contribution < -0.4 is 10.2 Å². The first kappa shape index (κ1) is 22.1. The van der Waals surface area contributed by atoms with Crippen LogP contribution >= 0.6 is 23.2 Å². The Balaban J connectivity index is 1.70. The predicted molar refractivity (Wildman–Crippen MR) is 117 cm³/mol. The molecule has 31 heavy (non-hydrogen) atoms. The summed E-state index contributed by atoms with van der Waals surface area (Å²) in [6, 6.07) is 15.2. The van der Waals surface area contributed by atoms with Crippen molar-refractivity contribution in [3.8, 4) is 11.5 Å². The third-order valence-corrected chi connectivity index (χ3v) is 4.71. The molecule has 0 aliphatic heterocycles. The second kappa shape index (κ2) is 9.92. The van der Waals surface area contributed by atoms with E-state index in [2.05, 4.69) is 10.5 Å². The highest BCUT2D eigenvalue weighted by atomic mass is 35.5. The monoisotopic (exact) mass is 459 g/mol. The van der Waals surface area contributed by atoms with Crippen LogP contribution in [0, 0.1) is 10.1 Å². The van der Waals surface area contributed by atoms with Gasteiger partial charge in [0.15, 0.2) is 0 Å². The van der Waals surface area contributed by atoms with E-state index in [1.54, 1.807) is 42.5 Å². The van der Waals surface area contributed by atoms with E-state index < -0.39 is 16.6 Å². The second-order valence-electron chi connectivity index (χ2n) is 6.22. The Kier molecular flexibility index (Phi) is 7.07. The van der Waals surface area contributed by atoms with E-state index in [0.29, 0.717) is 21.4 Å². The fourth-order valence-corrected chi connectivity index (χ4v) is 3.02. The molecule has 0 aromatic heterocycles. The average molecular weight is 460 g/mol. The van der Waals surface area contributed by atoms with Crippen LogP contribution in [0.15, 0.2) is 65.8 Å². The Bertz CT molecular complexity index is 1170. The molecule has 0 bridgehead atoms. The van der Waals surface area contributed by atoms with E-state index in [9.17, 15) is 20.0 Å². The number of rotatable bonds is 7. The maximum Gasteiger partial charge on any atom is 0.275 e. The van der Waals surface area contributed by atoms with Gasteiger partial charge in [-0.15, -0.1) is 0 Å². The van der Waals surface area contributed by atoms with Crippen molar-refractivity contribution in [1.29, 1.82) is 0 Å². The van der Waals surface area contributed by atoms with Crippen LogP contribution in [0.1, 0.15) is 21.5 Å². The summed E-state index contributed by atoms with van der Waals surface area (Å²) < 4.78 is 5.80.